The summed E-state index contributed by atoms with van der Waals surface area (Å²) < 4.78 is 18.4. The second-order valence-electron chi connectivity index (χ2n) is 5.66. The largest absolute Gasteiger partial charge is 0.443 e. The number of hydrogen-bond acceptors (Lipinski definition) is 4. The normalized spacial score (nSPS) is 11.6. The highest BCUT2D eigenvalue weighted by Gasteiger charge is 2.26. The van der Waals surface area contributed by atoms with Crippen molar-refractivity contribution in [2.75, 3.05) is 0 Å². The van der Waals surface area contributed by atoms with Gasteiger partial charge in [0, 0.05) is 17.1 Å². The van der Waals surface area contributed by atoms with Crippen molar-refractivity contribution in [1.82, 2.24) is 5.32 Å². The number of halogens is 2. The molecule has 2 aromatic carbocycles. The van der Waals surface area contributed by atoms with Crippen LogP contribution in [0.15, 0.2) is 66.0 Å². The summed E-state index contributed by atoms with van der Waals surface area (Å²) in [7, 11) is 0. The molecule has 0 aliphatic carbocycles. The quantitative estimate of drug-likeness (QED) is 0.604. The lowest BCUT2D eigenvalue weighted by molar-refractivity contribution is -0.130. The van der Waals surface area contributed by atoms with Crippen molar-refractivity contribution in [2.45, 2.75) is 12.6 Å². The van der Waals surface area contributed by atoms with Gasteiger partial charge in [-0.1, -0.05) is 41.9 Å². The second-order valence-corrected chi connectivity index (χ2v) is 7.04. The van der Waals surface area contributed by atoms with Gasteiger partial charge in [0.05, 0.1) is 0 Å². The van der Waals surface area contributed by atoms with Gasteiger partial charge in [-0.2, -0.15) is 0 Å². The van der Waals surface area contributed by atoms with E-state index >= 15 is 0 Å². The Labute approximate surface area is 164 Å². The first-order valence-corrected chi connectivity index (χ1v) is 9.31. The number of thiophene rings is 1. The Morgan fingerprint density at radius 1 is 1.07 bits per heavy atom. The fraction of sp³-hybridized carbons (Fsp3) is 0.100. The smallest absolute Gasteiger partial charge is 0.349 e. The predicted molar refractivity (Wildman–Crippen MR) is 102 cm³/mol. The zero-order valence-electron chi connectivity index (χ0n) is 14.0. The highest BCUT2D eigenvalue weighted by atomic mass is 35.5. The third-order valence-corrected chi connectivity index (χ3v) is 4.84. The molecular formula is C20H15ClFNO3S. The molecule has 0 radical (unpaired) electrons. The van der Waals surface area contributed by atoms with E-state index in [1.54, 1.807) is 53.9 Å². The van der Waals surface area contributed by atoms with Crippen molar-refractivity contribution in [3.63, 3.8) is 0 Å². The Morgan fingerprint density at radius 2 is 1.78 bits per heavy atom. The Morgan fingerprint density at radius 3 is 2.41 bits per heavy atom. The van der Waals surface area contributed by atoms with Gasteiger partial charge in [-0.3, -0.25) is 4.79 Å². The summed E-state index contributed by atoms with van der Waals surface area (Å²) in [6.45, 7) is 0.180. The van der Waals surface area contributed by atoms with Crippen LogP contribution in [0.4, 0.5) is 4.39 Å². The first-order chi connectivity index (χ1) is 13.0. The summed E-state index contributed by atoms with van der Waals surface area (Å²) in [5.74, 6) is -1.41. The molecule has 0 spiro atoms. The fourth-order valence-electron chi connectivity index (χ4n) is 2.35. The highest BCUT2D eigenvalue weighted by molar-refractivity contribution is 7.11. The molecule has 4 nitrogen and oxygen atoms in total. The number of ether oxygens (including phenoxy) is 1. The predicted octanol–water partition coefficient (Wildman–Crippen LogP) is 4.76. The number of hydrogen-bond donors (Lipinski definition) is 1. The van der Waals surface area contributed by atoms with Gasteiger partial charge in [0.1, 0.15) is 10.7 Å². The van der Waals surface area contributed by atoms with Gasteiger partial charge in [-0.15, -0.1) is 11.3 Å². The van der Waals surface area contributed by atoms with Gasteiger partial charge in [-0.05, 0) is 41.3 Å². The summed E-state index contributed by atoms with van der Waals surface area (Å²) >= 11 is 7.13. The van der Waals surface area contributed by atoms with Gasteiger partial charge < -0.3 is 10.1 Å². The van der Waals surface area contributed by atoms with Gasteiger partial charge in [-0.25, -0.2) is 9.18 Å². The van der Waals surface area contributed by atoms with Crippen molar-refractivity contribution >= 4 is 34.8 Å². The molecule has 0 unspecified atom stereocenters. The number of carbonyl (C=O) groups is 2. The lowest BCUT2D eigenvalue weighted by Crippen LogP contribution is -2.31. The third-order valence-electron chi connectivity index (χ3n) is 3.74. The zero-order chi connectivity index (χ0) is 19.2. The number of amides is 1. The maximum Gasteiger partial charge on any atom is 0.349 e. The van der Waals surface area contributed by atoms with Crippen molar-refractivity contribution in [1.29, 1.82) is 0 Å². The molecule has 0 saturated heterocycles. The highest BCUT2D eigenvalue weighted by Crippen LogP contribution is 2.23. The molecule has 1 heterocycles. The molecule has 1 N–H and O–H groups in total. The molecule has 0 fully saturated rings. The molecule has 1 atom stereocenters. The minimum absolute atomic E-state index is 0.180. The Kier molecular flexibility index (Phi) is 6.21. The van der Waals surface area contributed by atoms with Crippen LogP contribution >= 0.6 is 22.9 Å². The van der Waals surface area contributed by atoms with E-state index in [2.05, 4.69) is 5.32 Å². The third kappa shape index (κ3) is 5.15. The first-order valence-electron chi connectivity index (χ1n) is 8.05. The molecule has 7 heteroatoms. The van der Waals surface area contributed by atoms with Crippen molar-refractivity contribution in [2.24, 2.45) is 0 Å². The van der Waals surface area contributed by atoms with Gasteiger partial charge in [0.15, 0.2) is 0 Å². The lowest BCUT2D eigenvalue weighted by atomic mass is 10.1. The van der Waals surface area contributed by atoms with E-state index in [1.807, 2.05) is 0 Å². The molecular weight excluding hydrogens is 389 g/mol. The van der Waals surface area contributed by atoms with Crippen LogP contribution in [-0.4, -0.2) is 11.9 Å². The van der Waals surface area contributed by atoms with Crippen molar-refractivity contribution < 1.29 is 18.7 Å². The number of rotatable bonds is 6. The fourth-order valence-corrected chi connectivity index (χ4v) is 3.09. The van der Waals surface area contributed by atoms with E-state index in [4.69, 9.17) is 16.3 Å². The number of benzene rings is 2. The summed E-state index contributed by atoms with van der Waals surface area (Å²) in [5.41, 5.74) is 1.23. The lowest BCUT2D eigenvalue weighted by Gasteiger charge is -2.18. The molecule has 1 amide bonds. The number of nitrogens with one attached hydrogen (secondary N) is 1. The average molecular weight is 404 g/mol. The van der Waals surface area contributed by atoms with Crippen LogP contribution in [0.2, 0.25) is 5.02 Å². The van der Waals surface area contributed by atoms with E-state index < -0.39 is 18.0 Å². The minimum Gasteiger partial charge on any atom is -0.443 e. The van der Waals surface area contributed by atoms with Crippen molar-refractivity contribution in [3.8, 4) is 0 Å². The molecule has 0 saturated carbocycles. The molecule has 0 aliphatic heterocycles. The number of carbonyl (C=O) groups excluding carboxylic acids is 2. The zero-order valence-corrected chi connectivity index (χ0v) is 15.6. The van der Waals surface area contributed by atoms with E-state index in [0.29, 0.717) is 15.5 Å². The van der Waals surface area contributed by atoms with Crippen LogP contribution < -0.4 is 5.32 Å². The number of esters is 1. The van der Waals surface area contributed by atoms with Gasteiger partial charge >= 0.3 is 5.97 Å². The maximum atomic E-state index is 13.0. The van der Waals surface area contributed by atoms with E-state index in [9.17, 15) is 14.0 Å². The van der Waals surface area contributed by atoms with Crippen LogP contribution in [0, 0.1) is 5.82 Å². The average Bonchev–Trinajstić information content (AvgIpc) is 3.21. The molecule has 138 valence electrons. The molecule has 0 aliphatic rings. The summed E-state index contributed by atoms with van der Waals surface area (Å²) in [5, 5.41) is 4.97. The molecule has 1 aromatic heterocycles. The van der Waals surface area contributed by atoms with Gasteiger partial charge in [0.25, 0.3) is 5.91 Å². The van der Waals surface area contributed by atoms with Crippen molar-refractivity contribution in [3.05, 3.63) is 92.9 Å². The van der Waals surface area contributed by atoms with Crippen LogP contribution in [-0.2, 0) is 16.1 Å². The summed E-state index contributed by atoms with van der Waals surface area (Å²) in [6.07, 6.45) is -1.13. The molecule has 27 heavy (non-hydrogen) atoms. The van der Waals surface area contributed by atoms with E-state index in [0.717, 1.165) is 5.56 Å². The molecule has 3 aromatic rings. The van der Waals surface area contributed by atoms with E-state index in [1.165, 1.54) is 23.5 Å². The molecule has 0 bridgehead atoms. The van der Waals surface area contributed by atoms with Crippen LogP contribution in [0.1, 0.15) is 26.9 Å². The van der Waals surface area contributed by atoms with Gasteiger partial charge in [0.2, 0.25) is 6.10 Å². The standard InChI is InChI=1S/C20H15ClFNO3S/c21-15-7-5-14(6-8-15)18(26-20(25)17-2-1-11-27-17)19(24)23-12-13-3-9-16(22)10-4-13/h1-11,18H,12H2,(H,23,24)/t18-/m1/s1. The van der Waals surface area contributed by atoms with Crippen LogP contribution in [0.25, 0.3) is 0 Å². The summed E-state index contributed by atoms with van der Waals surface area (Å²) in [4.78, 5) is 25.4. The van der Waals surface area contributed by atoms with E-state index in [-0.39, 0.29) is 12.4 Å². The second kappa shape index (κ2) is 8.79. The van der Waals surface area contributed by atoms with Crippen LogP contribution in [0.5, 0.6) is 0 Å². The maximum absolute atomic E-state index is 13.0. The SMILES string of the molecule is O=C(O[C@@H](C(=O)NCc1ccc(F)cc1)c1ccc(Cl)cc1)c1cccs1. The Bertz CT molecular complexity index is 911. The molecule has 3 rings (SSSR count). The summed E-state index contributed by atoms with van der Waals surface area (Å²) in [6, 6.07) is 15.6. The first kappa shape index (κ1) is 19.1. The monoisotopic (exact) mass is 403 g/mol. The minimum atomic E-state index is -1.13. The Balaban J connectivity index is 1.75. The Hall–Kier alpha value is -2.70. The van der Waals surface area contributed by atoms with Crippen LogP contribution in [0.3, 0.4) is 0 Å². The topological polar surface area (TPSA) is 55.4 Å².